The second-order valence-corrected chi connectivity index (χ2v) is 9.03. The molecule has 5 nitrogen and oxygen atoms in total. The summed E-state index contributed by atoms with van der Waals surface area (Å²) in [5, 5.41) is 11.4. The number of ether oxygens (including phenoxy) is 1. The molecule has 1 aliphatic carbocycles. The van der Waals surface area contributed by atoms with Gasteiger partial charge in [-0.05, 0) is 44.6 Å². The summed E-state index contributed by atoms with van der Waals surface area (Å²) in [7, 11) is 0. The first-order valence-corrected chi connectivity index (χ1v) is 13.8. The van der Waals surface area contributed by atoms with Crippen LogP contribution in [0.5, 0.6) is 0 Å². The minimum absolute atomic E-state index is 0.0158. The van der Waals surface area contributed by atoms with Crippen molar-refractivity contribution in [3.63, 3.8) is 0 Å². The molecule has 1 saturated carbocycles. The van der Waals surface area contributed by atoms with E-state index in [1.165, 1.54) is 0 Å². The molecular formula is C31H48N2O3. The first-order valence-electron chi connectivity index (χ1n) is 13.8. The van der Waals surface area contributed by atoms with Crippen molar-refractivity contribution in [3.05, 3.63) is 35.9 Å². The molecular weight excluding hydrogens is 448 g/mol. The first kappa shape index (κ1) is 31.7. The van der Waals surface area contributed by atoms with Crippen molar-refractivity contribution in [1.82, 2.24) is 9.80 Å². The molecule has 200 valence electrons. The van der Waals surface area contributed by atoms with Crippen molar-refractivity contribution < 1.29 is 14.6 Å². The zero-order valence-corrected chi connectivity index (χ0v) is 23.3. The summed E-state index contributed by atoms with van der Waals surface area (Å²) in [6.45, 7) is 16.3. The number of aliphatic hydroxyl groups is 1. The number of nitrogens with zero attached hydrogens (tertiary/aromatic N) is 2. The summed E-state index contributed by atoms with van der Waals surface area (Å²) in [6, 6.07) is 9.19. The predicted molar refractivity (Wildman–Crippen MR) is 149 cm³/mol. The minimum atomic E-state index is -1.58. The van der Waals surface area contributed by atoms with Crippen molar-refractivity contribution in [3.8, 4) is 23.7 Å². The quantitative estimate of drug-likeness (QED) is 0.361. The topological polar surface area (TPSA) is 53.0 Å². The van der Waals surface area contributed by atoms with E-state index in [0.717, 1.165) is 71.2 Å². The maximum Gasteiger partial charge on any atom is 0.344 e. The highest BCUT2D eigenvalue weighted by atomic mass is 16.5. The van der Waals surface area contributed by atoms with Gasteiger partial charge in [-0.2, -0.15) is 0 Å². The van der Waals surface area contributed by atoms with Gasteiger partial charge in [-0.25, -0.2) is 4.79 Å². The molecule has 0 radical (unpaired) electrons. The van der Waals surface area contributed by atoms with Gasteiger partial charge >= 0.3 is 5.97 Å². The maximum atomic E-state index is 12.8. The van der Waals surface area contributed by atoms with Crippen LogP contribution in [-0.2, 0) is 15.1 Å². The molecule has 5 heteroatoms. The second kappa shape index (κ2) is 18.9. The van der Waals surface area contributed by atoms with Crippen LogP contribution < -0.4 is 0 Å². The van der Waals surface area contributed by atoms with Gasteiger partial charge in [0.1, 0.15) is 0 Å². The first-order chi connectivity index (χ1) is 17.5. The van der Waals surface area contributed by atoms with E-state index in [4.69, 9.17) is 4.74 Å². The van der Waals surface area contributed by atoms with Gasteiger partial charge in [0.25, 0.3) is 0 Å². The molecule has 0 aliphatic heterocycles. The Kier molecular flexibility index (Phi) is 16.6. The van der Waals surface area contributed by atoms with Crippen molar-refractivity contribution in [2.45, 2.75) is 78.7 Å². The normalized spacial score (nSPS) is 15.0. The summed E-state index contributed by atoms with van der Waals surface area (Å²) < 4.78 is 5.38. The predicted octanol–water partition coefficient (Wildman–Crippen LogP) is 5.08. The highest BCUT2D eigenvalue weighted by molar-refractivity contribution is 5.81. The van der Waals surface area contributed by atoms with Crippen LogP contribution in [0.2, 0.25) is 0 Å². The number of hydrogen-bond acceptors (Lipinski definition) is 5. The largest absolute Gasteiger partial charge is 0.450 e. The van der Waals surface area contributed by atoms with Gasteiger partial charge in [-0.1, -0.05) is 102 Å². The van der Waals surface area contributed by atoms with E-state index in [9.17, 15) is 9.90 Å². The number of carbonyl (C=O) groups is 1. The van der Waals surface area contributed by atoms with Gasteiger partial charge in [-0.3, -0.25) is 9.80 Å². The third kappa shape index (κ3) is 10.8. The average molecular weight is 497 g/mol. The number of carbonyl (C=O) groups excluding carboxylic acids is 1. The second-order valence-electron chi connectivity index (χ2n) is 9.03. The number of hydrogen-bond donors (Lipinski definition) is 1. The lowest BCUT2D eigenvalue weighted by atomic mass is 9.73. The van der Waals surface area contributed by atoms with E-state index in [-0.39, 0.29) is 12.5 Å². The van der Waals surface area contributed by atoms with Crippen molar-refractivity contribution >= 4 is 5.97 Å². The lowest BCUT2D eigenvalue weighted by Gasteiger charge is -2.36. The van der Waals surface area contributed by atoms with Crippen molar-refractivity contribution in [2.75, 3.05) is 45.9 Å². The smallest absolute Gasteiger partial charge is 0.344 e. The minimum Gasteiger partial charge on any atom is -0.450 e. The van der Waals surface area contributed by atoms with Gasteiger partial charge < -0.3 is 9.84 Å². The molecule has 0 unspecified atom stereocenters. The van der Waals surface area contributed by atoms with Gasteiger partial charge in [0, 0.05) is 12.3 Å². The Hall–Kier alpha value is -2.31. The zero-order valence-electron chi connectivity index (χ0n) is 23.3. The molecule has 1 N–H and O–H groups in total. The standard InChI is InChI=1S/C22H31NO3.C9H17N/c1-3-23(4-2)17-11-12-18-26-21(24)22(25,19-13-7-5-8-14-19)20-15-9-6-10-16-20;1-4-7-8-9-10(5-2)6-3/h5,7-8,13-14,20,25H,3-4,6,9-10,15-18H2,1-2H3;4-6,9H2,1-3H3/t22-;/m1./s1. The van der Waals surface area contributed by atoms with Gasteiger partial charge in [0.05, 0.1) is 13.1 Å². The Morgan fingerprint density at radius 1 is 0.861 bits per heavy atom. The highest BCUT2D eigenvalue weighted by Crippen LogP contribution is 2.40. The zero-order chi connectivity index (χ0) is 26.7. The van der Waals surface area contributed by atoms with E-state index >= 15 is 0 Å². The molecule has 0 amide bonds. The van der Waals surface area contributed by atoms with Gasteiger partial charge in [0.15, 0.2) is 12.2 Å². The third-order valence-electron chi connectivity index (χ3n) is 6.82. The molecule has 2 rings (SSSR count). The van der Waals surface area contributed by atoms with E-state index in [2.05, 4.69) is 68.1 Å². The Balaban J connectivity index is 0.000000548. The Morgan fingerprint density at radius 3 is 1.89 bits per heavy atom. The van der Waals surface area contributed by atoms with Crippen molar-refractivity contribution in [2.24, 2.45) is 5.92 Å². The number of benzene rings is 1. The molecule has 1 aromatic carbocycles. The highest BCUT2D eigenvalue weighted by Gasteiger charge is 2.47. The molecule has 1 aliphatic rings. The van der Waals surface area contributed by atoms with Crippen LogP contribution in [0.25, 0.3) is 0 Å². The van der Waals surface area contributed by atoms with Crippen LogP contribution in [0.1, 0.15) is 78.7 Å². The molecule has 1 aromatic rings. The summed E-state index contributed by atoms with van der Waals surface area (Å²) in [4.78, 5) is 17.3. The van der Waals surface area contributed by atoms with E-state index in [1.807, 2.05) is 30.3 Å². The van der Waals surface area contributed by atoms with Crippen LogP contribution in [-0.4, -0.2) is 66.8 Å². The third-order valence-corrected chi connectivity index (χ3v) is 6.82. The molecule has 1 atom stereocenters. The monoisotopic (exact) mass is 496 g/mol. The Bertz CT molecular complexity index is 835. The molecule has 0 saturated heterocycles. The van der Waals surface area contributed by atoms with Crippen molar-refractivity contribution in [1.29, 1.82) is 0 Å². The number of rotatable bonds is 10. The molecule has 0 bridgehead atoms. The van der Waals surface area contributed by atoms with Crippen LogP contribution in [0, 0.1) is 29.6 Å². The molecule has 1 fully saturated rings. The van der Waals surface area contributed by atoms with Gasteiger partial charge in [-0.15, -0.1) is 5.92 Å². The van der Waals surface area contributed by atoms with Crippen LogP contribution in [0.15, 0.2) is 30.3 Å². The lowest BCUT2D eigenvalue weighted by Crippen LogP contribution is -2.45. The molecule has 0 heterocycles. The summed E-state index contributed by atoms with van der Waals surface area (Å²) in [5.41, 5.74) is -0.963. The Labute approximate surface area is 220 Å². The molecule has 0 aromatic heterocycles. The summed E-state index contributed by atoms with van der Waals surface area (Å²) in [5.74, 6) is 11.4. The maximum absolute atomic E-state index is 12.8. The fourth-order valence-electron chi connectivity index (χ4n) is 4.35. The van der Waals surface area contributed by atoms with Crippen LogP contribution in [0.4, 0.5) is 0 Å². The summed E-state index contributed by atoms with van der Waals surface area (Å²) >= 11 is 0. The van der Waals surface area contributed by atoms with Crippen LogP contribution >= 0.6 is 0 Å². The Morgan fingerprint density at radius 2 is 1.39 bits per heavy atom. The fraction of sp³-hybridized carbons (Fsp3) is 0.645. The molecule has 0 spiro atoms. The average Bonchev–Trinajstić information content (AvgIpc) is 2.94. The number of esters is 1. The van der Waals surface area contributed by atoms with Gasteiger partial charge in [0.2, 0.25) is 0 Å². The lowest BCUT2D eigenvalue weighted by molar-refractivity contribution is -0.174. The fourth-order valence-corrected chi connectivity index (χ4v) is 4.35. The van der Waals surface area contributed by atoms with E-state index in [0.29, 0.717) is 12.1 Å². The van der Waals surface area contributed by atoms with Crippen LogP contribution in [0.3, 0.4) is 0 Å². The van der Waals surface area contributed by atoms with E-state index < -0.39 is 11.6 Å². The van der Waals surface area contributed by atoms with E-state index in [1.54, 1.807) is 0 Å². The SMILES string of the molecule is CCC#CCN(CC)CC.CCN(CC)CC#CCOC(=O)[C@@](O)(c1ccccc1)C1CCCCC1. The summed E-state index contributed by atoms with van der Waals surface area (Å²) in [6.07, 6.45) is 5.89. The molecule has 36 heavy (non-hydrogen) atoms.